The van der Waals surface area contributed by atoms with Crippen LogP contribution >= 0.6 is 0 Å². The maximum absolute atomic E-state index is 6.05. The molecule has 1 fully saturated rings. The highest BCUT2D eigenvalue weighted by atomic mass is 16.5. The predicted octanol–water partition coefficient (Wildman–Crippen LogP) is 2.04. The summed E-state index contributed by atoms with van der Waals surface area (Å²) in [6, 6.07) is 10.1. The number of nitrogens with one attached hydrogen (secondary N) is 1. The Morgan fingerprint density at radius 3 is 2.67 bits per heavy atom. The van der Waals surface area contributed by atoms with Crippen molar-refractivity contribution >= 4 is 5.96 Å². The van der Waals surface area contributed by atoms with E-state index in [-0.39, 0.29) is 6.10 Å². The summed E-state index contributed by atoms with van der Waals surface area (Å²) in [5.41, 5.74) is 1.15. The largest absolute Gasteiger partial charge is 0.490 e. The Labute approximate surface area is 143 Å². The van der Waals surface area contributed by atoms with Gasteiger partial charge in [0, 0.05) is 58.3 Å². The summed E-state index contributed by atoms with van der Waals surface area (Å²) in [5, 5.41) is 7.60. The number of benzene rings is 1. The number of aliphatic imine (C=N–C) groups is 1. The normalized spacial score (nSPS) is 16.2. The number of piperidine rings is 1. The Hall–Kier alpha value is -2.50. The number of nitrogens with zero attached hydrogens (tertiary/aromatic N) is 4. The van der Waals surface area contributed by atoms with Crippen molar-refractivity contribution in [2.45, 2.75) is 25.5 Å². The average Bonchev–Trinajstić information content (AvgIpc) is 3.03. The molecule has 2 aromatic rings. The van der Waals surface area contributed by atoms with Crippen molar-refractivity contribution in [3.8, 4) is 5.75 Å². The molecule has 1 aliphatic heterocycles. The van der Waals surface area contributed by atoms with Crippen LogP contribution in [0.2, 0.25) is 0 Å². The SMILES string of the molecule is CN=C(NCc1cnn(C)c1)N1CCC(Oc2ccccc2)CC1. The number of hydrogen-bond acceptors (Lipinski definition) is 3. The van der Waals surface area contributed by atoms with Crippen molar-refractivity contribution in [1.82, 2.24) is 20.0 Å². The number of aryl methyl sites for hydroxylation is 1. The average molecular weight is 327 g/mol. The third kappa shape index (κ3) is 4.28. The second-order valence-corrected chi connectivity index (χ2v) is 6.04. The topological polar surface area (TPSA) is 54.7 Å². The van der Waals surface area contributed by atoms with Crippen LogP contribution in [0, 0.1) is 0 Å². The number of hydrogen-bond donors (Lipinski definition) is 1. The van der Waals surface area contributed by atoms with Crippen LogP contribution in [0.5, 0.6) is 5.75 Å². The van der Waals surface area contributed by atoms with E-state index in [1.807, 2.05) is 61.5 Å². The highest BCUT2D eigenvalue weighted by Crippen LogP contribution is 2.18. The standard InChI is InChI=1S/C18H25N5O/c1-19-18(20-12-15-13-21-22(2)14-15)23-10-8-17(9-11-23)24-16-6-4-3-5-7-16/h3-7,13-14,17H,8-12H2,1-2H3,(H,19,20). The first kappa shape index (κ1) is 16.4. The summed E-state index contributed by atoms with van der Waals surface area (Å²) in [7, 11) is 3.76. The van der Waals surface area contributed by atoms with E-state index in [1.54, 1.807) is 0 Å². The number of aromatic nitrogens is 2. The molecule has 2 heterocycles. The predicted molar refractivity (Wildman–Crippen MR) is 95.1 cm³/mol. The van der Waals surface area contributed by atoms with Crippen LogP contribution in [0.3, 0.4) is 0 Å². The minimum Gasteiger partial charge on any atom is -0.490 e. The van der Waals surface area contributed by atoms with E-state index < -0.39 is 0 Å². The molecular weight excluding hydrogens is 302 g/mol. The Kier molecular flexibility index (Phi) is 5.36. The molecule has 24 heavy (non-hydrogen) atoms. The molecule has 0 spiro atoms. The summed E-state index contributed by atoms with van der Waals surface area (Å²) in [6.07, 6.45) is 6.17. The van der Waals surface area contributed by atoms with Gasteiger partial charge in [-0.05, 0) is 12.1 Å². The van der Waals surface area contributed by atoms with Crippen molar-refractivity contribution in [1.29, 1.82) is 0 Å². The van der Waals surface area contributed by atoms with Crippen molar-refractivity contribution < 1.29 is 4.74 Å². The molecule has 3 rings (SSSR count). The third-order valence-corrected chi connectivity index (χ3v) is 4.21. The highest BCUT2D eigenvalue weighted by molar-refractivity contribution is 5.79. The monoisotopic (exact) mass is 327 g/mol. The first-order valence-corrected chi connectivity index (χ1v) is 8.39. The van der Waals surface area contributed by atoms with Gasteiger partial charge in [-0.25, -0.2) is 0 Å². The van der Waals surface area contributed by atoms with Gasteiger partial charge in [-0.3, -0.25) is 9.67 Å². The molecule has 128 valence electrons. The van der Waals surface area contributed by atoms with Crippen molar-refractivity contribution in [2.24, 2.45) is 12.0 Å². The van der Waals surface area contributed by atoms with Crippen LogP contribution in [0.25, 0.3) is 0 Å². The molecular formula is C18H25N5O. The summed E-state index contributed by atoms with van der Waals surface area (Å²) in [4.78, 5) is 6.70. The Morgan fingerprint density at radius 1 is 1.29 bits per heavy atom. The van der Waals surface area contributed by atoms with Crippen LogP contribution in [0.15, 0.2) is 47.7 Å². The van der Waals surface area contributed by atoms with E-state index in [9.17, 15) is 0 Å². The fourth-order valence-corrected chi connectivity index (χ4v) is 2.95. The number of guanidine groups is 1. The molecule has 0 atom stereocenters. The van der Waals surface area contributed by atoms with E-state index in [1.165, 1.54) is 0 Å². The van der Waals surface area contributed by atoms with E-state index in [0.717, 1.165) is 49.7 Å². The van der Waals surface area contributed by atoms with Crippen LogP contribution < -0.4 is 10.1 Å². The van der Waals surface area contributed by atoms with Crippen molar-refractivity contribution in [3.05, 3.63) is 48.3 Å². The number of likely N-dealkylation sites (tertiary alicyclic amines) is 1. The quantitative estimate of drug-likeness (QED) is 0.690. The molecule has 0 bridgehead atoms. The van der Waals surface area contributed by atoms with Gasteiger partial charge in [-0.15, -0.1) is 0 Å². The van der Waals surface area contributed by atoms with Crippen molar-refractivity contribution in [2.75, 3.05) is 20.1 Å². The van der Waals surface area contributed by atoms with Crippen LogP contribution in [-0.4, -0.2) is 46.9 Å². The number of rotatable bonds is 4. The number of ether oxygens (including phenoxy) is 1. The van der Waals surface area contributed by atoms with Crippen LogP contribution in [-0.2, 0) is 13.6 Å². The van der Waals surface area contributed by atoms with Gasteiger partial charge in [0.2, 0.25) is 0 Å². The molecule has 6 heteroatoms. The maximum Gasteiger partial charge on any atom is 0.193 e. The molecule has 0 saturated carbocycles. The summed E-state index contributed by atoms with van der Waals surface area (Å²) in [6.45, 7) is 2.63. The molecule has 1 N–H and O–H groups in total. The van der Waals surface area contributed by atoms with Gasteiger partial charge in [0.05, 0.1) is 6.20 Å². The summed E-state index contributed by atoms with van der Waals surface area (Å²) < 4.78 is 7.86. The van der Waals surface area contributed by atoms with Crippen molar-refractivity contribution in [3.63, 3.8) is 0 Å². The third-order valence-electron chi connectivity index (χ3n) is 4.21. The molecule has 1 aliphatic rings. The minimum atomic E-state index is 0.278. The second-order valence-electron chi connectivity index (χ2n) is 6.04. The minimum absolute atomic E-state index is 0.278. The molecule has 0 radical (unpaired) electrons. The first-order valence-electron chi connectivity index (χ1n) is 8.39. The smallest absolute Gasteiger partial charge is 0.193 e. The highest BCUT2D eigenvalue weighted by Gasteiger charge is 2.22. The van der Waals surface area contributed by atoms with E-state index in [2.05, 4.69) is 20.3 Å². The maximum atomic E-state index is 6.05. The van der Waals surface area contributed by atoms with Gasteiger partial charge in [-0.2, -0.15) is 5.10 Å². The number of para-hydroxylation sites is 1. The van der Waals surface area contributed by atoms with Crippen LogP contribution in [0.4, 0.5) is 0 Å². The summed E-state index contributed by atoms with van der Waals surface area (Å²) >= 11 is 0. The van der Waals surface area contributed by atoms with E-state index in [4.69, 9.17) is 4.74 Å². The molecule has 6 nitrogen and oxygen atoms in total. The first-order chi connectivity index (χ1) is 11.7. The van der Waals surface area contributed by atoms with Gasteiger partial charge in [0.1, 0.15) is 11.9 Å². The summed E-state index contributed by atoms with van der Waals surface area (Å²) in [5.74, 6) is 1.90. The van der Waals surface area contributed by atoms with Gasteiger partial charge in [0.15, 0.2) is 5.96 Å². The zero-order valence-corrected chi connectivity index (χ0v) is 14.4. The Bertz CT molecular complexity index is 659. The lowest BCUT2D eigenvalue weighted by Gasteiger charge is -2.34. The second kappa shape index (κ2) is 7.86. The Balaban J connectivity index is 1.47. The lowest BCUT2D eigenvalue weighted by Crippen LogP contribution is -2.47. The van der Waals surface area contributed by atoms with Gasteiger partial charge >= 0.3 is 0 Å². The lowest BCUT2D eigenvalue weighted by molar-refractivity contribution is 0.129. The van der Waals surface area contributed by atoms with Gasteiger partial charge in [-0.1, -0.05) is 18.2 Å². The molecule has 1 aromatic heterocycles. The lowest BCUT2D eigenvalue weighted by atomic mass is 10.1. The zero-order chi connectivity index (χ0) is 16.8. The van der Waals surface area contributed by atoms with Crippen LogP contribution in [0.1, 0.15) is 18.4 Å². The Morgan fingerprint density at radius 2 is 2.04 bits per heavy atom. The molecule has 0 aliphatic carbocycles. The molecule has 1 aromatic carbocycles. The van der Waals surface area contributed by atoms with Gasteiger partial charge < -0.3 is 15.0 Å². The van der Waals surface area contributed by atoms with E-state index in [0.29, 0.717) is 0 Å². The molecule has 1 saturated heterocycles. The molecule has 0 unspecified atom stereocenters. The fraction of sp³-hybridized carbons (Fsp3) is 0.444. The van der Waals surface area contributed by atoms with Gasteiger partial charge in [0.25, 0.3) is 0 Å². The molecule has 0 amide bonds. The fourth-order valence-electron chi connectivity index (χ4n) is 2.95. The zero-order valence-electron chi connectivity index (χ0n) is 14.4. The van der Waals surface area contributed by atoms with E-state index >= 15 is 0 Å².